The molecular weight excluding hydrogens is 443 g/mol. The molecule has 0 spiro atoms. The minimum absolute atomic E-state index is 0.443. The van der Waals surface area contributed by atoms with Gasteiger partial charge in [0, 0.05) is 47.6 Å². The molecule has 0 saturated heterocycles. The highest BCUT2D eigenvalue weighted by Crippen LogP contribution is 2.35. The summed E-state index contributed by atoms with van der Waals surface area (Å²) < 4.78 is 0. The summed E-state index contributed by atoms with van der Waals surface area (Å²) in [6, 6.07) is 13.1. The normalized spacial score (nSPS) is 14.0. The second-order valence-corrected chi connectivity index (χ2v) is 8.70. The minimum atomic E-state index is 0.443. The van der Waals surface area contributed by atoms with E-state index in [1.54, 1.807) is 30.5 Å². The van der Waals surface area contributed by atoms with Gasteiger partial charge < -0.3 is 10.6 Å². The Morgan fingerprint density at radius 2 is 1.72 bits per heavy atom. The Kier molecular flexibility index (Phi) is 7.41. The van der Waals surface area contributed by atoms with E-state index in [1.165, 1.54) is 19.3 Å². The van der Waals surface area contributed by atoms with Gasteiger partial charge in [-0.25, -0.2) is 15.0 Å². The lowest BCUT2D eigenvalue weighted by atomic mass is 9.87. The molecule has 0 atom stereocenters. The Balaban J connectivity index is 1.50. The van der Waals surface area contributed by atoms with E-state index in [0.29, 0.717) is 40.4 Å². The summed E-state index contributed by atoms with van der Waals surface area (Å²) in [6.45, 7) is 1.30. The third-order valence-corrected chi connectivity index (χ3v) is 6.12. The van der Waals surface area contributed by atoms with Crippen molar-refractivity contribution in [2.75, 3.05) is 23.7 Å². The van der Waals surface area contributed by atoms with Crippen LogP contribution in [0.2, 0.25) is 10.0 Å². The molecule has 8 heteroatoms. The molecule has 1 aromatic carbocycles. The number of anilines is 2. The van der Waals surface area contributed by atoms with Gasteiger partial charge in [0.1, 0.15) is 17.7 Å². The zero-order valence-corrected chi connectivity index (χ0v) is 19.1. The van der Waals surface area contributed by atoms with E-state index in [4.69, 9.17) is 38.4 Å². The maximum absolute atomic E-state index is 8.87. The summed E-state index contributed by atoms with van der Waals surface area (Å²) in [5.41, 5.74) is 2.37. The van der Waals surface area contributed by atoms with Gasteiger partial charge in [0.15, 0.2) is 5.82 Å². The van der Waals surface area contributed by atoms with Crippen molar-refractivity contribution in [2.45, 2.75) is 38.0 Å². The molecule has 2 aromatic heterocycles. The van der Waals surface area contributed by atoms with E-state index in [-0.39, 0.29) is 0 Å². The summed E-state index contributed by atoms with van der Waals surface area (Å²) in [5, 5.41) is 16.6. The van der Waals surface area contributed by atoms with Crippen molar-refractivity contribution in [3.8, 4) is 17.5 Å². The zero-order valence-electron chi connectivity index (χ0n) is 17.6. The first-order valence-electron chi connectivity index (χ1n) is 10.8. The van der Waals surface area contributed by atoms with Crippen LogP contribution in [-0.4, -0.2) is 28.0 Å². The third-order valence-electron chi connectivity index (χ3n) is 5.57. The summed E-state index contributed by atoms with van der Waals surface area (Å²) in [6.07, 6.45) is 7.61. The van der Waals surface area contributed by atoms with Crippen molar-refractivity contribution in [2.24, 2.45) is 0 Å². The van der Waals surface area contributed by atoms with Crippen molar-refractivity contribution < 1.29 is 0 Å². The summed E-state index contributed by atoms with van der Waals surface area (Å²) >= 11 is 12.5. The molecule has 1 fully saturated rings. The van der Waals surface area contributed by atoms with Gasteiger partial charge in [-0.3, -0.25) is 0 Å². The van der Waals surface area contributed by atoms with Gasteiger partial charge in [-0.2, -0.15) is 5.26 Å². The van der Waals surface area contributed by atoms with Gasteiger partial charge in [-0.1, -0.05) is 42.5 Å². The predicted molar refractivity (Wildman–Crippen MR) is 129 cm³/mol. The summed E-state index contributed by atoms with van der Waals surface area (Å²) in [7, 11) is 0. The Bertz CT molecular complexity index is 1100. The summed E-state index contributed by atoms with van der Waals surface area (Å²) in [4.78, 5) is 13.8. The number of nitrogens with zero attached hydrogens (tertiary/aromatic N) is 4. The van der Waals surface area contributed by atoms with Crippen LogP contribution in [0.3, 0.4) is 0 Å². The highest BCUT2D eigenvalue weighted by atomic mass is 35.5. The lowest BCUT2D eigenvalue weighted by Gasteiger charge is -2.22. The molecule has 0 unspecified atom stereocenters. The first kappa shape index (κ1) is 22.3. The molecule has 3 aromatic rings. The summed E-state index contributed by atoms with van der Waals surface area (Å²) in [5.74, 6) is 2.55. The molecule has 164 valence electrons. The van der Waals surface area contributed by atoms with E-state index in [9.17, 15) is 0 Å². The van der Waals surface area contributed by atoms with E-state index >= 15 is 0 Å². The van der Waals surface area contributed by atoms with Crippen LogP contribution in [0.4, 0.5) is 11.6 Å². The van der Waals surface area contributed by atoms with Crippen molar-refractivity contribution in [1.82, 2.24) is 15.0 Å². The molecule has 1 aliphatic carbocycles. The Labute approximate surface area is 198 Å². The second kappa shape index (κ2) is 10.6. The zero-order chi connectivity index (χ0) is 22.3. The Morgan fingerprint density at radius 1 is 0.938 bits per heavy atom. The molecular formula is C24H24Cl2N6. The van der Waals surface area contributed by atoms with Crippen LogP contribution < -0.4 is 10.6 Å². The number of rotatable bonds is 7. The van der Waals surface area contributed by atoms with Gasteiger partial charge >= 0.3 is 0 Å². The molecule has 0 aliphatic heterocycles. The lowest BCUT2D eigenvalue weighted by Crippen LogP contribution is -2.16. The van der Waals surface area contributed by atoms with Gasteiger partial charge in [0.05, 0.1) is 10.6 Å². The SMILES string of the molecule is N#Cc1ccc(NCCNc2cc(C3CCCCC3)nc(-c3ccc(Cl)cc3Cl)n2)nc1. The smallest absolute Gasteiger partial charge is 0.163 e. The van der Waals surface area contributed by atoms with Crippen molar-refractivity contribution in [3.05, 3.63) is 63.9 Å². The molecule has 2 N–H and O–H groups in total. The second-order valence-electron chi connectivity index (χ2n) is 7.86. The number of nitriles is 1. The maximum Gasteiger partial charge on any atom is 0.163 e. The largest absolute Gasteiger partial charge is 0.368 e. The number of benzene rings is 1. The van der Waals surface area contributed by atoms with Gasteiger partial charge in [0.25, 0.3) is 0 Å². The third kappa shape index (κ3) is 5.67. The van der Waals surface area contributed by atoms with Crippen LogP contribution in [0.1, 0.15) is 49.3 Å². The van der Waals surface area contributed by atoms with Gasteiger partial charge in [-0.15, -0.1) is 0 Å². The number of nitrogens with one attached hydrogen (secondary N) is 2. The minimum Gasteiger partial charge on any atom is -0.368 e. The Hall–Kier alpha value is -2.88. The highest BCUT2D eigenvalue weighted by Gasteiger charge is 2.20. The first-order valence-corrected chi connectivity index (χ1v) is 11.6. The number of hydrogen-bond donors (Lipinski definition) is 2. The molecule has 1 aliphatic rings. The average Bonchev–Trinajstić information content (AvgIpc) is 2.82. The number of pyridine rings is 1. The van der Waals surface area contributed by atoms with Crippen molar-refractivity contribution >= 4 is 34.8 Å². The molecule has 0 amide bonds. The van der Waals surface area contributed by atoms with Crippen LogP contribution in [0.25, 0.3) is 11.4 Å². The lowest BCUT2D eigenvalue weighted by molar-refractivity contribution is 0.436. The molecule has 0 bridgehead atoms. The quantitative estimate of drug-likeness (QED) is 0.397. The van der Waals surface area contributed by atoms with Crippen LogP contribution in [0.15, 0.2) is 42.6 Å². The standard InChI is InChI=1S/C24H24Cl2N6/c25-18-7-8-19(20(26)12-18)24-31-21(17-4-2-1-3-5-17)13-23(32-24)29-11-10-28-22-9-6-16(14-27)15-30-22/h6-9,12-13,15,17H,1-5,10-11H2,(H,28,30)(H,29,31,32). The van der Waals surface area contributed by atoms with E-state index in [0.717, 1.165) is 35.7 Å². The molecule has 2 heterocycles. The molecule has 6 nitrogen and oxygen atoms in total. The van der Waals surface area contributed by atoms with E-state index < -0.39 is 0 Å². The van der Waals surface area contributed by atoms with E-state index in [2.05, 4.69) is 27.8 Å². The Morgan fingerprint density at radius 3 is 2.41 bits per heavy atom. The monoisotopic (exact) mass is 466 g/mol. The average molecular weight is 467 g/mol. The van der Waals surface area contributed by atoms with Crippen LogP contribution in [-0.2, 0) is 0 Å². The fourth-order valence-electron chi connectivity index (χ4n) is 3.90. The van der Waals surface area contributed by atoms with Crippen molar-refractivity contribution in [1.29, 1.82) is 5.26 Å². The molecule has 1 saturated carbocycles. The van der Waals surface area contributed by atoms with Crippen LogP contribution >= 0.6 is 23.2 Å². The highest BCUT2D eigenvalue weighted by molar-refractivity contribution is 6.36. The number of hydrogen-bond acceptors (Lipinski definition) is 6. The molecule has 32 heavy (non-hydrogen) atoms. The predicted octanol–water partition coefficient (Wildman–Crippen LogP) is 6.29. The fraction of sp³-hybridized carbons (Fsp3) is 0.333. The topological polar surface area (TPSA) is 86.5 Å². The van der Waals surface area contributed by atoms with Crippen LogP contribution in [0.5, 0.6) is 0 Å². The van der Waals surface area contributed by atoms with Crippen LogP contribution in [0, 0.1) is 11.3 Å². The molecule has 4 rings (SSSR count). The van der Waals surface area contributed by atoms with Gasteiger partial charge in [0.2, 0.25) is 0 Å². The van der Waals surface area contributed by atoms with E-state index in [1.807, 2.05) is 6.07 Å². The number of halogens is 2. The maximum atomic E-state index is 8.87. The van der Waals surface area contributed by atoms with Gasteiger partial charge in [-0.05, 0) is 43.2 Å². The molecule has 0 radical (unpaired) electrons. The fourth-order valence-corrected chi connectivity index (χ4v) is 4.39. The van der Waals surface area contributed by atoms with Crippen molar-refractivity contribution in [3.63, 3.8) is 0 Å². The number of aromatic nitrogens is 3. The first-order chi connectivity index (χ1) is 15.6.